The van der Waals surface area contributed by atoms with Gasteiger partial charge in [0.05, 0.1) is 12.6 Å². The molecule has 4 atom stereocenters. The molecule has 0 bridgehead atoms. The van der Waals surface area contributed by atoms with Crippen molar-refractivity contribution < 1.29 is 29.4 Å². The summed E-state index contributed by atoms with van der Waals surface area (Å²) in [5.41, 5.74) is 8.28. The number of aliphatic carboxylic acids is 1. The van der Waals surface area contributed by atoms with E-state index in [9.17, 15) is 29.4 Å². The molecule has 8 N–H and O–H groups in total. The van der Waals surface area contributed by atoms with Crippen LogP contribution in [0.4, 0.5) is 0 Å². The summed E-state index contributed by atoms with van der Waals surface area (Å²) in [5.74, 6) is -3.10. The Morgan fingerprint density at radius 2 is 1.64 bits per heavy atom. The monoisotopic (exact) mass is 537 g/mol. The summed E-state index contributed by atoms with van der Waals surface area (Å²) in [4.78, 5) is 53.2. The normalized spacial score (nSPS) is 14.1. The SMILES string of the molecule is CCC(C)C(N)C(=O)NC(Cc1ccc(O)cc1)C(=O)NCC(=O)NC(Cc1c[nH]c2ccccc12)C(=O)O. The van der Waals surface area contributed by atoms with E-state index in [1.54, 1.807) is 18.3 Å². The van der Waals surface area contributed by atoms with Crippen LogP contribution < -0.4 is 21.7 Å². The highest BCUT2D eigenvalue weighted by Gasteiger charge is 2.27. The molecule has 0 fully saturated rings. The van der Waals surface area contributed by atoms with Gasteiger partial charge in [0.15, 0.2) is 0 Å². The molecule has 0 spiro atoms. The van der Waals surface area contributed by atoms with Gasteiger partial charge in [-0.3, -0.25) is 14.4 Å². The van der Waals surface area contributed by atoms with Gasteiger partial charge in [-0.15, -0.1) is 0 Å². The van der Waals surface area contributed by atoms with Gasteiger partial charge >= 0.3 is 5.97 Å². The van der Waals surface area contributed by atoms with Crippen LogP contribution in [0.1, 0.15) is 31.4 Å². The third kappa shape index (κ3) is 8.05. The highest BCUT2D eigenvalue weighted by atomic mass is 16.4. The second kappa shape index (κ2) is 13.4. The summed E-state index contributed by atoms with van der Waals surface area (Å²) in [6.07, 6.45) is 2.51. The van der Waals surface area contributed by atoms with Crippen molar-refractivity contribution >= 4 is 34.6 Å². The average Bonchev–Trinajstić information content (AvgIpc) is 3.33. The molecule has 1 heterocycles. The Balaban J connectivity index is 1.64. The molecule has 39 heavy (non-hydrogen) atoms. The Labute approximate surface area is 226 Å². The van der Waals surface area contributed by atoms with Gasteiger partial charge in [-0.2, -0.15) is 0 Å². The molecule has 11 heteroatoms. The highest BCUT2D eigenvalue weighted by molar-refractivity contribution is 5.93. The number of hydrogen-bond donors (Lipinski definition) is 7. The Bertz CT molecular complexity index is 1310. The predicted molar refractivity (Wildman–Crippen MR) is 146 cm³/mol. The number of hydrogen-bond acceptors (Lipinski definition) is 6. The number of aromatic hydroxyl groups is 1. The number of nitrogens with two attached hydrogens (primary N) is 1. The van der Waals surface area contributed by atoms with Crippen LogP contribution in [0.5, 0.6) is 5.75 Å². The Morgan fingerprint density at radius 1 is 0.949 bits per heavy atom. The molecule has 4 unspecified atom stereocenters. The van der Waals surface area contributed by atoms with Crippen molar-refractivity contribution in [2.24, 2.45) is 11.7 Å². The maximum Gasteiger partial charge on any atom is 0.326 e. The fourth-order valence-corrected chi connectivity index (χ4v) is 4.11. The number of amides is 3. The van der Waals surface area contributed by atoms with Gasteiger partial charge < -0.3 is 36.9 Å². The van der Waals surface area contributed by atoms with Crippen molar-refractivity contribution in [3.8, 4) is 5.75 Å². The van der Waals surface area contributed by atoms with Gasteiger partial charge in [-0.1, -0.05) is 50.6 Å². The van der Waals surface area contributed by atoms with E-state index >= 15 is 0 Å². The van der Waals surface area contributed by atoms with E-state index in [-0.39, 0.29) is 24.5 Å². The number of carboxylic acids is 1. The first-order valence-electron chi connectivity index (χ1n) is 12.8. The summed E-state index contributed by atoms with van der Waals surface area (Å²) in [5, 5.41) is 27.7. The fraction of sp³-hybridized carbons (Fsp3) is 0.357. The number of H-pyrrole nitrogens is 1. The molecule has 0 saturated carbocycles. The lowest BCUT2D eigenvalue weighted by atomic mass is 9.98. The van der Waals surface area contributed by atoms with Crippen LogP contribution in [0.15, 0.2) is 54.7 Å². The van der Waals surface area contributed by atoms with Crippen LogP contribution in [0.3, 0.4) is 0 Å². The summed E-state index contributed by atoms with van der Waals surface area (Å²) in [6, 6.07) is 10.5. The van der Waals surface area contributed by atoms with E-state index in [2.05, 4.69) is 20.9 Å². The molecule has 0 saturated heterocycles. The van der Waals surface area contributed by atoms with Crippen molar-refractivity contribution in [2.75, 3.05) is 6.54 Å². The molecule has 0 aliphatic heterocycles. The summed E-state index contributed by atoms with van der Waals surface area (Å²) < 4.78 is 0. The number of carbonyl (C=O) groups is 4. The van der Waals surface area contributed by atoms with Crippen molar-refractivity contribution in [3.63, 3.8) is 0 Å². The van der Waals surface area contributed by atoms with Crippen molar-refractivity contribution in [1.29, 1.82) is 0 Å². The van der Waals surface area contributed by atoms with Gasteiger partial charge in [0.25, 0.3) is 0 Å². The van der Waals surface area contributed by atoms with Crippen LogP contribution in [0.25, 0.3) is 10.9 Å². The highest BCUT2D eigenvalue weighted by Crippen LogP contribution is 2.19. The van der Waals surface area contributed by atoms with Crippen molar-refractivity contribution in [2.45, 2.75) is 51.2 Å². The van der Waals surface area contributed by atoms with Crippen LogP contribution in [-0.2, 0) is 32.0 Å². The Hall–Kier alpha value is -4.38. The van der Waals surface area contributed by atoms with Gasteiger partial charge in [-0.05, 0) is 35.2 Å². The molecule has 2 aromatic carbocycles. The number of benzene rings is 2. The minimum atomic E-state index is -1.21. The number of carboxylic acid groups (broad SMARTS) is 1. The van der Waals surface area contributed by atoms with E-state index in [0.717, 1.165) is 16.5 Å². The zero-order valence-corrected chi connectivity index (χ0v) is 21.9. The molecule has 3 amide bonds. The van der Waals surface area contributed by atoms with Crippen LogP contribution in [-0.4, -0.2) is 63.6 Å². The third-order valence-electron chi connectivity index (χ3n) is 6.72. The Kier molecular flexibility index (Phi) is 10.0. The van der Waals surface area contributed by atoms with Crippen LogP contribution in [0, 0.1) is 5.92 Å². The lowest BCUT2D eigenvalue weighted by Gasteiger charge is -2.23. The minimum absolute atomic E-state index is 0.0477. The fourth-order valence-electron chi connectivity index (χ4n) is 4.11. The van der Waals surface area contributed by atoms with E-state index in [1.807, 2.05) is 38.1 Å². The number of nitrogens with one attached hydrogen (secondary N) is 4. The number of aromatic amines is 1. The second-order valence-corrected chi connectivity index (χ2v) is 9.58. The summed E-state index contributed by atoms with van der Waals surface area (Å²) in [6.45, 7) is 3.24. The number of phenolic OH excluding ortho intramolecular Hbond substituents is 1. The largest absolute Gasteiger partial charge is 0.508 e. The molecule has 0 aliphatic carbocycles. The van der Waals surface area contributed by atoms with Crippen molar-refractivity contribution in [1.82, 2.24) is 20.9 Å². The zero-order chi connectivity index (χ0) is 28.5. The quantitative estimate of drug-likeness (QED) is 0.171. The first-order valence-corrected chi connectivity index (χ1v) is 12.8. The van der Waals surface area contributed by atoms with E-state index in [1.165, 1.54) is 12.1 Å². The summed E-state index contributed by atoms with van der Waals surface area (Å²) in [7, 11) is 0. The second-order valence-electron chi connectivity index (χ2n) is 9.58. The molecular formula is C28H35N5O6. The standard InChI is InChI=1S/C28H35N5O6/c1-3-16(2)25(29)27(37)33-22(12-17-8-10-19(34)11-9-17)26(36)31-15-24(35)32-23(28(38)39)13-18-14-30-21-7-5-4-6-20(18)21/h4-11,14,16,22-23,25,30,34H,3,12-13,15,29H2,1-2H3,(H,31,36)(H,32,35)(H,33,37)(H,38,39). The summed E-state index contributed by atoms with van der Waals surface area (Å²) >= 11 is 0. The Morgan fingerprint density at radius 3 is 2.31 bits per heavy atom. The molecule has 0 aliphatic rings. The molecule has 11 nitrogen and oxygen atoms in total. The first kappa shape index (κ1) is 29.2. The van der Waals surface area contributed by atoms with Gasteiger partial charge in [-0.25, -0.2) is 4.79 Å². The lowest BCUT2D eigenvalue weighted by Crippen LogP contribution is -2.55. The van der Waals surface area contributed by atoms with E-state index in [0.29, 0.717) is 12.0 Å². The van der Waals surface area contributed by atoms with Crippen LogP contribution in [0.2, 0.25) is 0 Å². The minimum Gasteiger partial charge on any atom is -0.508 e. The first-order chi connectivity index (χ1) is 18.6. The molecule has 3 aromatic rings. The predicted octanol–water partition coefficient (Wildman–Crippen LogP) is 1.20. The number of carbonyl (C=O) groups excluding carboxylic acids is 3. The molecule has 1 aromatic heterocycles. The van der Waals surface area contributed by atoms with Gasteiger partial charge in [0.2, 0.25) is 17.7 Å². The van der Waals surface area contributed by atoms with Crippen molar-refractivity contribution in [3.05, 3.63) is 65.9 Å². The third-order valence-corrected chi connectivity index (χ3v) is 6.72. The zero-order valence-electron chi connectivity index (χ0n) is 21.9. The molecule has 3 rings (SSSR count). The van der Waals surface area contributed by atoms with Gasteiger partial charge in [0.1, 0.15) is 17.8 Å². The smallest absolute Gasteiger partial charge is 0.326 e. The number of aromatic nitrogens is 1. The number of fused-ring (bicyclic) bond motifs is 1. The molecule has 208 valence electrons. The van der Waals surface area contributed by atoms with E-state index < -0.39 is 48.4 Å². The topological polar surface area (TPSA) is 187 Å². The number of rotatable bonds is 13. The number of phenols is 1. The van der Waals surface area contributed by atoms with Crippen LogP contribution >= 0.6 is 0 Å². The average molecular weight is 538 g/mol. The number of para-hydroxylation sites is 1. The van der Waals surface area contributed by atoms with E-state index in [4.69, 9.17) is 5.73 Å². The maximum absolute atomic E-state index is 13.0. The molecular weight excluding hydrogens is 502 g/mol. The molecule has 0 radical (unpaired) electrons. The lowest BCUT2D eigenvalue weighted by molar-refractivity contribution is -0.141. The van der Waals surface area contributed by atoms with Gasteiger partial charge in [0, 0.05) is 29.9 Å². The maximum atomic E-state index is 13.0.